The summed E-state index contributed by atoms with van der Waals surface area (Å²) in [4.78, 5) is 30.9. The quantitative estimate of drug-likeness (QED) is 0.668. The summed E-state index contributed by atoms with van der Waals surface area (Å²) in [5, 5.41) is 3.31. The number of nitrogens with one attached hydrogen (secondary N) is 1. The molecule has 0 aliphatic carbocycles. The van der Waals surface area contributed by atoms with Crippen LogP contribution in [-0.2, 0) is 4.79 Å². The van der Waals surface area contributed by atoms with Crippen LogP contribution in [0.1, 0.15) is 26.4 Å². The van der Waals surface area contributed by atoms with Crippen molar-refractivity contribution in [1.82, 2.24) is 9.88 Å². The van der Waals surface area contributed by atoms with Gasteiger partial charge in [0.1, 0.15) is 15.7 Å². The molecule has 29 heavy (non-hydrogen) atoms. The maximum Gasteiger partial charge on any atom is 0.265 e. The van der Waals surface area contributed by atoms with Crippen LogP contribution in [0, 0.1) is 26.6 Å². The fourth-order valence-corrected chi connectivity index (χ4v) is 4.10. The average Bonchev–Trinajstić information content (AvgIpc) is 3.14. The fraction of sp³-hybridized carbons (Fsp3) is 0.227. The van der Waals surface area contributed by atoms with Gasteiger partial charge in [-0.05, 0) is 44.0 Å². The minimum absolute atomic E-state index is 0.0987. The van der Waals surface area contributed by atoms with E-state index in [9.17, 15) is 14.0 Å². The maximum atomic E-state index is 13.9. The molecular weight excluding hydrogens is 389 g/mol. The van der Waals surface area contributed by atoms with Gasteiger partial charge in [-0.1, -0.05) is 29.8 Å². The van der Waals surface area contributed by atoms with E-state index in [-0.39, 0.29) is 18.4 Å². The third-order valence-electron chi connectivity index (χ3n) is 4.49. The Morgan fingerprint density at radius 3 is 2.45 bits per heavy atom. The summed E-state index contributed by atoms with van der Waals surface area (Å²) >= 11 is 1.10. The highest BCUT2D eigenvalue weighted by Crippen LogP contribution is 2.28. The summed E-state index contributed by atoms with van der Waals surface area (Å²) in [6.07, 6.45) is 1.41. The average molecular weight is 412 g/mol. The maximum absolute atomic E-state index is 13.9. The lowest BCUT2D eigenvalue weighted by atomic mass is 10.1. The molecule has 0 saturated heterocycles. The van der Waals surface area contributed by atoms with E-state index in [1.807, 2.05) is 32.9 Å². The van der Waals surface area contributed by atoms with Gasteiger partial charge in [-0.15, -0.1) is 11.3 Å². The molecule has 7 heteroatoms. The van der Waals surface area contributed by atoms with Gasteiger partial charge in [-0.25, -0.2) is 9.37 Å². The van der Waals surface area contributed by atoms with Crippen molar-refractivity contribution in [1.29, 1.82) is 0 Å². The number of benzene rings is 2. The predicted octanol–water partition coefficient (Wildman–Crippen LogP) is 4.59. The molecule has 1 heterocycles. The van der Waals surface area contributed by atoms with Gasteiger partial charge in [-0.3, -0.25) is 9.59 Å². The lowest BCUT2D eigenvalue weighted by Crippen LogP contribution is -2.34. The molecule has 3 aromatic rings. The molecule has 0 unspecified atom stereocenters. The first-order valence-corrected chi connectivity index (χ1v) is 9.92. The fourth-order valence-electron chi connectivity index (χ4n) is 3.16. The molecule has 0 atom stereocenters. The second-order valence-corrected chi connectivity index (χ2v) is 8.02. The van der Waals surface area contributed by atoms with E-state index in [1.54, 1.807) is 25.2 Å². The number of aromatic nitrogens is 1. The highest BCUT2D eigenvalue weighted by atomic mass is 32.1. The monoisotopic (exact) mass is 411 g/mol. The van der Waals surface area contributed by atoms with Gasteiger partial charge in [0.25, 0.3) is 5.91 Å². The van der Waals surface area contributed by atoms with E-state index in [0.29, 0.717) is 15.4 Å². The van der Waals surface area contributed by atoms with Crippen LogP contribution in [0.3, 0.4) is 0 Å². The van der Waals surface area contributed by atoms with E-state index in [1.165, 1.54) is 17.2 Å². The van der Waals surface area contributed by atoms with Crippen molar-refractivity contribution in [2.24, 2.45) is 0 Å². The highest BCUT2D eigenvalue weighted by Gasteiger charge is 2.19. The molecule has 0 spiro atoms. The Hall–Kier alpha value is -3.06. The summed E-state index contributed by atoms with van der Waals surface area (Å²) in [5.41, 5.74) is 4.19. The Labute approximate surface area is 173 Å². The topological polar surface area (TPSA) is 62.3 Å². The predicted molar refractivity (Wildman–Crippen MR) is 114 cm³/mol. The number of thiazole rings is 1. The molecular formula is C22H22FN3O2S. The van der Waals surface area contributed by atoms with E-state index in [0.717, 1.165) is 33.7 Å². The Morgan fingerprint density at radius 1 is 1.14 bits per heavy atom. The lowest BCUT2D eigenvalue weighted by molar-refractivity contribution is -0.116. The summed E-state index contributed by atoms with van der Waals surface area (Å²) in [6, 6.07) is 10.3. The van der Waals surface area contributed by atoms with Crippen LogP contribution >= 0.6 is 11.3 Å². The van der Waals surface area contributed by atoms with Crippen LogP contribution in [0.2, 0.25) is 0 Å². The Morgan fingerprint density at radius 2 is 1.79 bits per heavy atom. The van der Waals surface area contributed by atoms with Gasteiger partial charge in [-0.2, -0.15) is 0 Å². The number of hydrogen-bond donors (Lipinski definition) is 1. The first-order chi connectivity index (χ1) is 13.8. The molecule has 150 valence electrons. The molecule has 1 N–H and O–H groups in total. The molecule has 0 radical (unpaired) electrons. The number of carbonyl (C=O) groups excluding carboxylic acids is 2. The van der Waals surface area contributed by atoms with E-state index < -0.39 is 5.82 Å². The summed E-state index contributed by atoms with van der Waals surface area (Å²) in [7, 11) is 1.55. The SMILES string of the molecule is Cc1cc(C)c(NC(=O)CN(C)C(=O)c2cnc(-c3ccccc3F)s2)c(C)c1. The van der Waals surface area contributed by atoms with Crippen molar-refractivity contribution in [2.75, 3.05) is 18.9 Å². The van der Waals surface area contributed by atoms with Crippen LogP contribution in [0.4, 0.5) is 10.1 Å². The number of anilines is 1. The second kappa shape index (κ2) is 8.53. The molecule has 3 rings (SSSR count). The van der Waals surface area contributed by atoms with Crippen molar-refractivity contribution in [3.05, 3.63) is 70.0 Å². The van der Waals surface area contributed by atoms with Gasteiger partial charge in [0, 0.05) is 18.3 Å². The van der Waals surface area contributed by atoms with Crippen LogP contribution in [0.15, 0.2) is 42.6 Å². The van der Waals surface area contributed by atoms with Crippen molar-refractivity contribution in [3.63, 3.8) is 0 Å². The molecule has 2 amide bonds. The van der Waals surface area contributed by atoms with Gasteiger partial charge in [0.2, 0.25) is 5.91 Å². The summed E-state index contributed by atoms with van der Waals surface area (Å²) < 4.78 is 13.9. The number of halogens is 1. The normalized spacial score (nSPS) is 10.7. The van der Waals surface area contributed by atoms with Crippen LogP contribution in [0.25, 0.3) is 10.6 Å². The molecule has 0 aliphatic heterocycles. The molecule has 0 fully saturated rings. The van der Waals surface area contributed by atoms with Gasteiger partial charge in [0.05, 0.1) is 12.7 Å². The first-order valence-electron chi connectivity index (χ1n) is 9.10. The van der Waals surface area contributed by atoms with Crippen molar-refractivity contribution in [3.8, 4) is 10.6 Å². The third kappa shape index (κ3) is 4.68. The Kier molecular flexibility index (Phi) is 6.08. The summed E-state index contributed by atoms with van der Waals surface area (Å²) in [6.45, 7) is 5.78. The largest absolute Gasteiger partial charge is 0.332 e. The van der Waals surface area contributed by atoms with Crippen LogP contribution < -0.4 is 5.32 Å². The number of rotatable bonds is 5. The van der Waals surface area contributed by atoms with E-state index in [4.69, 9.17) is 0 Å². The van der Waals surface area contributed by atoms with Crippen LogP contribution in [0.5, 0.6) is 0 Å². The molecule has 2 aromatic carbocycles. The van der Waals surface area contributed by atoms with Crippen molar-refractivity contribution < 1.29 is 14.0 Å². The number of likely N-dealkylation sites (N-methyl/N-ethyl adjacent to an activating group) is 1. The number of amides is 2. The number of nitrogens with zero attached hydrogens (tertiary/aromatic N) is 2. The molecule has 1 aromatic heterocycles. The molecule has 5 nitrogen and oxygen atoms in total. The summed E-state index contributed by atoms with van der Waals surface area (Å²) in [5.74, 6) is -1.01. The number of carbonyl (C=O) groups is 2. The zero-order valence-electron chi connectivity index (χ0n) is 16.7. The third-order valence-corrected chi connectivity index (χ3v) is 5.51. The standard InChI is InChI=1S/C22H22FN3O2S/c1-13-9-14(2)20(15(3)10-13)25-19(27)12-26(4)22(28)18-11-24-21(29-18)16-7-5-6-8-17(16)23/h5-11H,12H2,1-4H3,(H,25,27). The minimum atomic E-state index is -0.391. The second-order valence-electron chi connectivity index (χ2n) is 6.99. The van der Waals surface area contributed by atoms with Crippen molar-refractivity contribution in [2.45, 2.75) is 20.8 Å². The molecule has 0 bridgehead atoms. The first kappa shape index (κ1) is 20.7. The minimum Gasteiger partial charge on any atom is -0.332 e. The van der Waals surface area contributed by atoms with E-state index >= 15 is 0 Å². The van der Waals surface area contributed by atoms with Gasteiger partial charge >= 0.3 is 0 Å². The number of hydrogen-bond acceptors (Lipinski definition) is 4. The Bertz CT molecular complexity index is 1050. The van der Waals surface area contributed by atoms with Gasteiger partial charge in [0.15, 0.2) is 0 Å². The van der Waals surface area contributed by atoms with Gasteiger partial charge < -0.3 is 10.2 Å². The zero-order chi connectivity index (χ0) is 21.1. The smallest absolute Gasteiger partial charge is 0.265 e. The zero-order valence-corrected chi connectivity index (χ0v) is 17.6. The van der Waals surface area contributed by atoms with E-state index in [2.05, 4.69) is 10.3 Å². The molecule has 0 aliphatic rings. The van der Waals surface area contributed by atoms with Crippen molar-refractivity contribution >= 4 is 28.8 Å². The van der Waals surface area contributed by atoms with Crippen LogP contribution in [-0.4, -0.2) is 35.3 Å². The highest BCUT2D eigenvalue weighted by molar-refractivity contribution is 7.16. The number of aryl methyl sites for hydroxylation is 3. The molecule has 0 saturated carbocycles. The Balaban J connectivity index is 1.68. The lowest BCUT2D eigenvalue weighted by Gasteiger charge is -2.17.